The monoisotopic (exact) mass is 319 g/mol. The van der Waals surface area contributed by atoms with E-state index in [0.29, 0.717) is 17.9 Å². The summed E-state index contributed by atoms with van der Waals surface area (Å²) in [6.07, 6.45) is -0.515. The fourth-order valence-corrected chi connectivity index (χ4v) is 2.31. The van der Waals surface area contributed by atoms with E-state index in [1.165, 1.54) is 12.1 Å². The lowest BCUT2D eigenvalue weighted by Crippen LogP contribution is -2.42. The quantitative estimate of drug-likeness (QED) is 0.727. The Morgan fingerprint density at radius 1 is 1.40 bits per heavy atom. The summed E-state index contributed by atoms with van der Waals surface area (Å²) >= 11 is 12.0. The maximum atomic E-state index is 12.1. The van der Waals surface area contributed by atoms with Crippen LogP contribution < -0.4 is 11.1 Å². The Morgan fingerprint density at radius 3 is 2.35 bits per heavy atom. The smallest absolute Gasteiger partial charge is 0.241 e. The van der Waals surface area contributed by atoms with Crippen LogP contribution >= 0.6 is 23.2 Å². The van der Waals surface area contributed by atoms with E-state index < -0.39 is 12.1 Å². The van der Waals surface area contributed by atoms with Gasteiger partial charge in [-0.15, -0.1) is 0 Å². The van der Waals surface area contributed by atoms with Crippen LogP contribution in [0.5, 0.6) is 0 Å². The molecule has 0 radical (unpaired) electrons. The standard InChI is InChI=1S/C13H19Cl2N3O2/c1-7(19)6-18(3)8(2)13(20)17-12-10(14)4-9(16)5-11(12)15/h4-5,7-8,19H,6,16H2,1-3H3,(H,17,20). The summed E-state index contributed by atoms with van der Waals surface area (Å²) in [5.41, 5.74) is 6.37. The molecule has 112 valence electrons. The van der Waals surface area contributed by atoms with Gasteiger partial charge in [-0.3, -0.25) is 9.69 Å². The fraction of sp³-hybridized carbons (Fsp3) is 0.462. The number of rotatable bonds is 5. The molecule has 7 heteroatoms. The third-order valence-electron chi connectivity index (χ3n) is 2.91. The number of nitrogens with one attached hydrogen (secondary N) is 1. The van der Waals surface area contributed by atoms with Gasteiger partial charge < -0.3 is 16.2 Å². The lowest BCUT2D eigenvalue weighted by molar-refractivity contribution is -0.120. The number of amides is 1. The summed E-state index contributed by atoms with van der Waals surface area (Å²) < 4.78 is 0. The van der Waals surface area contributed by atoms with Gasteiger partial charge in [0.25, 0.3) is 0 Å². The number of nitrogen functional groups attached to an aromatic ring is 1. The first-order valence-corrected chi connectivity index (χ1v) is 6.91. The number of likely N-dealkylation sites (N-methyl/N-ethyl adjacent to an activating group) is 1. The third-order valence-corrected chi connectivity index (χ3v) is 3.50. The van der Waals surface area contributed by atoms with Gasteiger partial charge in [-0.25, -0.2) is 0 Å². The molecule has 0 saturated heterocycles. The first-order valence-electron chi connectivity index (χ1n) is 6.16. The third kappa shape index (κ3) is 4.52. The molecule has 2 unspecified atom stereocenters. The van der Waals surface area contributed by atoms with Gasteiger partial charge in [0.05, 0.1) is 27.9 Å². The average Bonchev–Trinajstić information content (AvgIpc) is 2.31. The molecule has 0 aliphatic rings. The maximum absolute atomic E-state index is 12.1. The van der Waals surface area contributed by atoms with Crippen LogP contribution in [0.1, 0.15) is 13.8 Å². The van der Waals surface area contributed by atoms with E-state index >= 15 is 0 Å². The van der Waals surface area contributed by atoms with Crippen molar-refractivity contribution in [3.63, 3.8) is 0 Å². The highest BCUT2D eigenvalue weighted by molar-refractivity contribution is 6.40. The van der Waals surface area contributed by atoms with Crippen LogP contribution in [0, 0.1) is 0 Å². The molecular weight excluding hydrogens is 301 g/mol. The van der Waals surface area contributed by atoms with Crippen molar-refractivity contribution in [2.45, 2.75) is 26.0 Å². The molecule has 0 heterocycles. The molecule has 0 aromatic heterocycles. The number of carbonyl (C=O) groups is 1. The SMILES string of the molecule is CC(O)CN(C)C(C)C(=O)Nc1c(Cl)cc(N)cc1Cl. The van der Waals surface area contributed by atoms with Gasteiger partial charge in [-0.1, -0.05) is 23.2 Å². The second kappa shape index (κ2) is 7.13. The largest absolute Gasteiger partial charge is 0.399 e. The van der Waals surface area contributed by atoms with Crippen molar-refractivity contribution in [3.8, 4) is 0 Å². The predicted octanol–water partition coefficient (Wildman–Crippen LogP) is 2.22. The number of carbonyl (C=O) groups excluding carboxylic acids is 1. The minimum absolute atomic E-state index is 0.262. The lowest BCUT2D eigenvalue weighted by Gasteiger charge is -2.25. The van der Waals surface area contributed by atoms with E-state index in [4.69, 9.17) is 28.9 Å². The molecule has 0 saturated carbocycles. The summed E-state index contributed by atoms with van der Waals surface area (Å²) in [6.45, 7) is 3.78. The van der Waals surface area contributed by atoms with Crippen LogP contribution in [0.25, 0.3) is 0 Å². The van der Waals surface area contributed by atoms with E-state index in [2.05, 4.69) is 5.32 Å². The number of anilines is 2. The Labute approximate surface area is 128 Å². The lowest BCUT2D eigenvalue weighted by atomic mass is 10.2. The van der Waals surface area contributed by atoms with Crippen molar-refractivity contribution < 1.29 is 9.90 Å². The topological polar surface area (TPSA) is 78.6 Å². The number of hydrogen-bond donors (Lipinski definition) is 3. The van der Waals surface area contributed by atoms with E-state index in [9.17, 15) is 9.90 Å². The molecule has 1 aromatic carbocycles. The van der Waals surface area contributed by atoms with Gasteiger partial charge in [-0.05, 0) is 33.0 Å². The highest BCUT2D eigenvalue weighted by Gasteiger charge is 2.21. The minimum Gasteiger partial charge on any atom is -0.399 e. The van der Waals surface area contributed by atoms with E-state index in [-0.39, 0.29) is 16.0 Å². The molecule has 0 aliphatic heterocycles. The highest BCUT2D eigenvalue weighted by Crippen LogP contribution is 2.32. The molecule has 0 bridgehead atoms. The second-order valence-corrected chi connectivity index (χ2v) is 5.63. The number of aliphatic hydroxyl groups is 1. The second-order valence-electron chi connectivity index (χ2n) is 4.81. The number of hydrogen-bond acceptors (Lipinski definition) is 4. The molecule has 1 aromatic rings. The number of nitrogens with two attached hydrogens (primary N) is 1. The molecule has 0 spiro atoms. The van der Waals surface area contributed by atoms with Crippen molar-refractivity contribution in [3.05, 3.63) is 22.2 Å². The Hall–Kier alpha value is -1.01. The molecule has 20 heavy (non-hydrogen) atoms. The number of halogens is 2. The Kier molecular flexibility index (Phi) is 6.07. The number of aliphatic hydroxyl groups excluding tert-OH is 1. The summed E-state index contributed by atoms with van der Waals surface area (Å²) in [4.78, 5) is 13.9. The van der Waals surface area contributed by atoms with Gasteiger partial charge in [0, 0.05) is 12.2 Å². The zero-order chi connectivity index (χ0) is 15.4. The molecule has 5 nitrogen and oxygen atoms in total. The van der Waals surface area contributed by atoms with E-state index in [0.717, 1.165) is 0 Å². The van der Waals surface area contributed by atoms with Crippen molar-refractivity contribution in [1.82, 2.24) is 4.90 Å². The molecule has 2 atom stereocenters. The van der Waals surface area contributed by atoms with E-state index in [1.54, 1.807) is 25.8 Å². The zero-order valence-corrected chi connectivity index (χ0v) is 13.2. The van der Waals surface area contributed by atoms with Crippen LogP contribution in [0.3, 0.4) is 0 Å². The van der Waals surface area contributed by atoms with Crippen molar-refractivity contribution in [1.29, 1.82) is 0 Å². The Bertz CT molecular complexity index is 471. The molecule has 4 N–H and O–H groups in total. The van der Waals surface area contributed by atoms with E-state index in [1.807, 2.05) is 0 Å². The zero-order valence-electron chi connectivity index (χ0n) is 11.7. The summed E-state index contributed by atoms with van der Waals surface area (Å²) in [7, 11) is 1.75. The number of nitrogens with zero attached hydrogens (tertiary/aromatic N) is 1. The molecular formula is C13H19Cl2N3O2. The predicted molar refractivity (Wildman–Crippen MR) is 83.3 cm³/mol. The Morgan fingerprint density at radius 2 is 1.90 bits per heavy atom. The molecule has 1 rings (SSSR count). The van der Waals surface area contributed by atoms with Gasteiger partial charge in [0.15, 0.2) is 0 Å². The van der Waals surface area contributed by atoms with Crippen LogP contribution in [0.15, 0.2) is 12.1 Å². The molecule has 0 aliphatic carbocycles. The van der Waals surface area contributed by atoms with Crippen molar-refractivity contribution >= 4 is 40.5 Å². The highest BCUT2D eigenvalue weighted by atomic mass is 35.5. The van der Waals surface area contributed by atoms with Crippen molar-refractivity contribution in [2.24, 2.45) is 0 Å². The minimum atomic E-state index is -0.515. The van der Waals surface area contributed by atoms with Gasteiger partial charge >= 0.3 is 0 Å². The van der Waals surface area contributed by atoms with Gasteiger partial charge in [0.2, 0.25) is 5.91 Å². The average molecular weight is 320 g/mol. The summed E-state index contributed by atoms with van der Waals surface area (Å²) in [6, 6.07) is 2.61. The first kappa shape index (κ1) is 17.0. The molecule has 0 fully saturated rings. The van der Waals surface area contributed by atoms with Crippen molar-refractivity contribution in [2.75, 3.05) is 24.6 Å². The summed E-state index contributed by atoms with van der Waals surface area (Å²) in [5.74, 6) is -0.262. The van der Waals surface area contributed by atoms with Crippen LogP contribution in [0.4, 0.5) is 11.4 Å². The first-order chi connectivity index (χ1) is 9.22. The maximum Gasteiger partial charge on any atom is 0.241 e. The van der Waals surface area contributed by atoms with Gasteiger partial charge in [0.1, 0.15) is 0 Å². The normalized spacial score (nSPS) is 14.2. The van der Waals surface area contributed by atoms with Crippen LogP contribution in [0.2, 0.25) is 10.0 Å². The molecule has 1 amide bonds. The van der Waals surface area contributed by atoms with Crippen LogP contribution in [-0.4, -0.2) is 41.7 Å². The fourth-order valence-electron chi connectivity index (χ4n) is 1.71. The van der Waals surface area contributed by atoms with Gasteiger partial charge in [-0.2, -0.15) is 0 Å². The Balaban J connectivity index is 2.81. The summed E-state index contributed by atoms with van der Waals surface area (Å²) in [5, 5.41) is 12.6. The number of benzene rings is 1. The van der Waals surface area contributed by atoms with Crippen LogP contribution in [-0.2, 0) is 4.79 Å².